The molecule has 0 saturated carbocycles. The summed E-state index contributed by atoms with van der Waals surface area (Å²) in [5.74, 6) is 0.502. The van der Waals surface area contributed by atoms with Crippen molar-refractivity contribution >= 4 is 17.7 Å². The second-order valence-corrected chi connectivity index (χ2v) is 4.51. The first-order valence-electron chi connectivity index (χ1n) is 4.59. The molecule has 0 aliphatic heterocycles. The SMILES string of the molecule is COC(=O)C(C)=CCSC(C)CCO. The fourth-order valence-corrected chi connectivity index (χ4v) is 1.79. The van der Waals surface area contributed by atoms with E-state index in [-0.39, 0.29) is 12.6 Å². The second kappa shape index (κ2) is 7.88. The van der Waals surface area contributed by atoms with Crippen LogP contribution in [0.5, 0.6) is 0 Å². The highest BCUT2D eigenvalue weighted by Crippen LogP contribution is 2.14. The number of methoxy groups -OCH3 is 1. The van der Waals surface area contributed by atoms with Crippen molar-refractivity contribution in [1.29, 1.82) is 0 Å². The van der Waals surface area contributed by atoms with Crippen molar-refractivity contribution in [2.45, 2.75) is 25.5 Å². The van der Waals surface area contributed by atoms with Gasteiger partial charge in [0.15, 0.2) is 0 Å². The predicted octanol–water partition coefficient (Wildman–Crippen LogP) is 1.61. The van der Waals surface area contributed by atoms with Crippen LogP contribution in [-0.2, 0) is 9.53 Å². The quantitative estimate of drug-likeness (QED) is 0.543. The Hall–Kier alpha value is -0.480. The van der Waals surface area contributed by atoms with Crippen LogP contribution in [0.4, 0.5) is 0 Å². The van der Waals surface area contributed by atoms with Crippen LogP contribution in [-0.4, -0.2) is 35.8 Å². The Kier molecular flexibility index (Phi) is 7.61. The van der Waals surface area contributed by atoms with Crippen LogP contribution < -0.4 is 0 Å². The molecular formula is C10H18O3S. The summed E-state index contributed by atoms with van der Waals surface area (Å²) in [6, 6.07) is 0. The first kappa shape index (κ1) is 13.5. The zero-order valence-corrected chi connectivity index (χ0v) is 9.76. The van der Waals surface area contributed by atoms with Gasteiger partial charge in [0.1, 0.15) is 0 Å². The summed E-state index contributed by atoms with van der Waals surface area (Å²) < 4.78 is 4.56. The molecule has 1 N–H and O–H groups in total. The molecule has 0 heterocycles. The summed E-state index contributed by atoms with van der Waals surface area (Å²) >= 11 is 1.71. The standard InChI is InChI=1S/C10H18O3S/c1-8(10(12)13-3)5-7-14-9(2)4-6-11/h5,9,11H,4,6-7H2,1-3H3. The molecule has 0 aliphatic rings. The van der Waals surface area contributed by atoms with E-state index in [1.165, 1.54) is 7.11 Å². The average molecular weight is 218 g/mol. The minimum absolute atomic E-state index is 0.216. The van der Waals surface area contributed by atoms with Gasteiger partial charge >= 0.3 is 5.97 Å². The summed E-state index contributed by atoms with van der Waals surface area (Å²) in [6.45, 7) is 4.01. The number of hydrogen-bond donors (Lipinski definition) is 1. The van der Waals surface area contributed by atoms with Crippen LogP contribution in [0.3, 0.4) is 0 Å². The van der Waals surface area contributed by atoms with Gasteiger partial charge in [0.2, 0.25) is 0 Å². The third kappa shape index (κ3) is 6.05. The molecule has 14 heavy (non-hydrogen) atoms. The van der Waals surface area contributed by atoms with Crippen LogP contribution in [0.25, 0.3) is 0 Å². The van der Waals surface area contributed by atoms with Crippen molar-refractivity contribution < 1.29 is 14.6 Å². The minimum atomic E-state index is -0.277. The molecule has 0 radical (unpaired) electrons. The predicted molar refractivity (Wildman–Crippen MR) is 59.4 cm³/mol. The molecule has 0 amide bonds. The molecule has 0 spiro atoms. The van der Waals surface area contributed by atoms with Crippen LogP contribution in [0, 0.1) is 0 Å². The average Bonchev–Trinajstić information content (AvgIpc) is 2.16. The maximum Gasteiger partial charge on any atom is 0.333 e. The summed E-state index contributed by atoms with van der Waals surface area (Å²) in [5, 5.41) is 9.09. The monoisotopic (exact) mass is 218 g/mol. The lowest BCUT2D eigenvalue weighted by molar-refractivity contribution is -0.136. The highest BCUT2D eigenvalue weighted by atomic mass is 32.2. The van der Waals surface area contributed by atoms with Crippen LogP contribution in [0.1, 0.15) is 20.3 Å². The van der Waals surface area contributed by atoms with Crippen molar-refractivity contribution in [2.24, 2.45) is 0 Å². The number of aliphatic hydroxyl groups excluding tert-OH is 1. The van der Waals surface area contributed by atoms with Gasteiger partial charge in [-0.05, 0) is 13.3 Å². The van der Waals surface area contributed by atoms with Gasteiger partial charge in [-0.25, -0.2) is 4.79 Å². The molecule has 0 bridgehead atoms. The molecule has 1 unspecified atom stereocenters. The van der Waals surface area contributed by atoms with Gasteiger partial charge in [-0.3, -0.25) is 0 Å². The van der Waals surface area contributed by atoms with Crippen molar-refractivity contribution in [3.8, 4) is 0 Å². The maximum absolute atomic E-state index is 11.0. The van der Waals surface area contributed by atoms with Crippen molar-refractivity contribution in [1.82, 2.24) is 0 Å². The third-order valence-corrected chi connectivity index (χ3v) is 2.98. The number of thioether (sulfide) groups is 1. The fraction of sp³-hybridized carbons (Fsp3) is 0.700. The fourth-order valence-electron chi connectivity index (χ4n) is 0.847. The third-order valence-electron chi connectivity index (χ3n) is 1.81. The zero-order valence-electron chi connectivity index (χ0n) is 8.95. The number of hydrogen-bond acceptors (Lipinski definition) is 4. The number of ether oxygens (including phenoxy) is 1. The van der Waals surface area contributed by atoms with Crippen LogP contribution in [0.15, 0.2) is 11.6 Å². The molecule has 0 aromatic heterocycles. The van der Waals surface area contributed by atoms with E-state index in [1.54, 1.807) is 18.7 Å². The van der Waals surface area contributed by atoms with Gasteiger partial charge in [0, 0.05) is 23.2 Å². The van der Waals surface area contributed by atoms with E-state index in [4.69, 9.17) is 5.11 Å². The van der Waals surface area contributed by atoms with Gasteiger partial charge in [0.25, 0.3) is 0 Å². The van der Waals surface area contributed by atoms with Gasteiger partial charge in [-0.2, -0.15) is 11.8 Å². The lowest BCUT2D eigenvalue weighted by Gasteiger charge is -2.07. The van der Waals surface area contributed by atoms with E-state index >= 15 is 0 Å². The minimum Gasteiger partial charge on any atom is -0.466 e. The Morgan fingerprint density at radius 3 is 2.79 bits per heavy atom. The van der Waals surface area contributed by atoms with Crippen molar-refractivity contribution in [2.75, 3.05) is 19.5 Å². The zero-order chi connectivity index (χ0) is 11.0. The van der Waals surface area contributed by atoms with E-state index in [0.29, 0.717) is 10.8 Å². The van der Waals surface area contributed by atoms with Gasteiger partial charge in [-0.1, -0.05) is 13.0 Å². The summed E-state index contributed by atoms with van der Waals surface area (Å²) in [4.78, 5) is 11.0. The molecule has 0 saturated heterocycles. The molecular weight excluding hydrogens is 200 g/mol. The summed E-state index contributed by atoms with van der Waals surface area (Å²) in [7, 11) is 1.38. The molecule has 0 aromatic rings. The van der Waals surface area contributed by atoms with Crippen LogP contribution >= 0.6 is 11.8 Å². The van der Waals surface area contributed by atoms with E-state index < -0.39 is 0 Å². The maximum atomic E-state index is 11.0. The molecule has 0 aliphatic carbocycles. The molecule has 0 aromatic carbocycles. The Labute approximate surface area is 89.5 Å². The number of carbonyl (C=O) groups excluding carboxylic acids is 1. The molecule has 1 atom stereocenters. The largest absolute Gasteiger partial charge is 0.466 e. The Balaban J connectivity index is 3.75. The second-order valence-electron chi connectivity index (χ2n) is 3.03. The van der Waals surface area contributed by atoms with Gasteiger partial charge < -0.3 is 9.84 Å². The Bertz CT molecular complexity index is 202. The molecule has 82 valence electrons. The number of esters is 1. The van der Waals surface area contributed by atoms with Gasteiger partial charge in [-0.15, -0.1) is 0 Å². The Morgan fingerprint density at radius 2 is 2.29 bits per heavy atom. The summed E-state index contributed by atoms with van der Waals surface area (Å²) in [5.41, 5.74) is 0.635. The van der Waals surface area contributed by atoms with E-state index in [9.17, 15) is 4.79 Å². The number of rotatable bonds is 6. The van der Waals surface area contributed by atoms with Gasteiger partial charge in [0.05, 0.1) is 7.11 Å². The topological polar surface area (TPSA) is 46.5 Å². The van der Waals surface area contributed by atoms with E-state index in [0.717, 1.165) is 12.2 Å². The number of aliphatic hydroxyl groups is 1. The van der Waals surface area contributed by atoms with Crippen molar-refractivity contribution in [3.63, 3.8) is 0 Å². The molecule has 3 nitrogen and oxygen atoms in total. The lowest BCUT2D eigenvalue weighted by atomic mass is 10.3. The van der Waals surface area contributed by atoms with Crippen molar-refractivity contribution in [3.05, 3.63) is 11.6 Å². The number of carbonyl (C=O) groups is 1. The first-order chi connectivity index (χ1) is 6.61. The molecule has 0 fully saturated rings. The van der Waals surface area contributed by atoms with Crippen LogP contribution in [0.2, 0.25) is 0 Å². The smallest absolute Gasteiger partial charge is 0.333 e. The highest BCUT2D eigenvalue weighted by molar-refractivity contribution is 8.00. The molecule has 4 heteroatoms. The first-order valence-corrected chi connectivity index (χ1v) is 5.64. The van der Waals surface area contributed by atoms with E-state index in [2.05, 4.69) is 11.7 Å². The van der Waals surface area contributed by atoms with E-state index in [1.807, 2.05) is 6.08 Å². The summed E-state index contributed by atoms with van der Waals surface area (Å²) in [6.07, 6.45) is 2.64. The molecule has 0 rings (SSSR count). The Morgan fingerprint density at radius 1 is 1.64 bits per heavy atom. The lowest BCUT2D eigenvalue weighted by Crippen LogP contribution is -2.03. The normalized spacial score (nSPS) is 13.9. The highest BCUT2D eigenvalue weighted by Gasteiger charge is 2.03.